The Labute approximate surface area is 90.0 Å². The van der Waals surface area contributed by atoms with Crippen molar-refractivity contribution in [3.05, 3.63) is 41.5 Å². The lowest BCUT2D eigenvalue weighted by Crippen LogP contribution is -2.19. The van der Waals surface area contributed by atoms with E-state index in [0.717, 1.165) is 18.2 Å². The van der Waals surface area contributed by atoms with Crippen LogP contribution < -0.4 is 5.11 Å². The van der Waals surface area contributed by atoms with Gasteiger partial charge in [0.05, 0.1) is 11.5 Å². The van der Waals surface area contributed by atoms with Gasteiger partial charge in [-0.25, -0.2) is 0 Å². The van der Waals surface area contributed by atoms with E-state index in [0.29, 0.717) is 11.1 Å². The molecular weight excluding hydrogens is 221 g/mol. The number of carbonyl (C=O) groups excluding carboxylic acids is 1. The number of alkyl halides is 3. The third-order valence-electron chi connectivity index (χ3n) is 2.00. The maximum absolute atomic E-state index is 12.2. The first-order valence-electron chi connectivity index (χ1n) is 4.37. The molecule has 0 aliphatic heterocycles. The molecule has 0 fully saturated rings. The van der Waals surface area contributed by atoms with Crippen LogP contribution in [0.1, 0.15) is 18.1 Å². The lowest BCUT2D eigenvalue weighted by Gasteiger charge is -2.08. The largest absolute Gasteiger partial charge is 0.545 e. The highest BCUT2D eigenvalue weighted by atomic mass is 19.4. The summed E-state index contributed by atoms with van der Waals surface area (Å²) in [6.07, 6.45) is -3.55. The number of allylic oxidation sites excluding steroid dienone is 1. The van der Waals surface area contributed by atoms with Crippen molar-refractivity contribution in [2.75, 3.05) is 0 Å². The van der Waals surface area contributed by atoms with E-state index in [1.165, 1.54) is 19.1 Å². The fourth-order valence-electron chi connectivity index (χ4n) is 1.18. The zero-order valence-electron chi connectivity index (χ0n) is 8.34. The summed E-state index contributed by atoms with van der Waals surface area (Å²) in [4.78, 5) is 10.2. The Balaban J connectivity index is 3.00. The van der Waals surface area contributed by atoms with Gasteiger partial charge in [0, 0.05) is 0 Å². The van der Waals surface area contributed by atoms with Gasteiger partial charge in [-0.15, -0.1) is 0 Å². The second-order valence-electron chi connectivity index (χ2n) is 3.22. The lowest BCUT2D eigenvalue weighted by molar-refractivity contribution is -0.297. The predicted molar refractivity (Wildman–Crippen MR) is 50.1 cm³/mol. The van der Waals surface area contributed by atoms with E-state index in [4.69, 9.17) is 0 Å². The van der Waals surface area contributed by atoms with E-state index >= 15 is 0 Å². The Morgan fingerprint density at radius 3 is 2.12 bits per heavy atom. The summed E-state index contributed by atoms with van der Waals surface area (Å²) >= 11 is 0. The molecule has 0 bridgehead atoms. The molecule has 0 N–H and O–H groups in total. The topological polar surface area (TPSA) is 40.1 Å². The summed E-state index contributed by atoms with van der Waals surface area (Å²) in [6.45, 7) is 1.48. The fraction of sp³-hybridized carbons (Fsp3) is 0.182. The van der Waals surface area contributed by atoms with Crippen molar-refractivity contribution in [2.24, 2.45) is 0 Å². The van der Waals surface area contributed by atoms with Gasteiger partial charge in [-0.2, -0.15) is 13.2 Å². The fourth-order valence-corrected chi connectivity index (χ4v) is 1.18. The van der Waals surface area contributed by atoms with E-state index in [9.17, 15) is 23.1 Å². The molecule has 0 aromatic heterocycles. The van der Waals surface area contributed by atoms with E-state index in [1.807, 2.05) is 0 Å². The molecule has 0 radical (unpaired) electrons. The molecule has 2 nitrogen and oxygen atoms in total. The molecule has 1 rings (SSSR count). The van der Waals surface area contributed by atoms with Gasteiger partial charge in [-0.05, 0) is 36.3 Å². The van der Waals surface area contributed by atoms with Crippen LogP contribution in [0.4, 0.5) is 13.2 Å². The quantitative estimate of drug-likeness (QED) is 0.726. The second kappa shape index (κ2) is 4.38. The first-order valence-corrected chi connectivity index (χ1v) is 4.37. The minimum absolute atomic E-state index is 0.341. The average Bonchev–Trinajstić information content (AvgIpc) is 2.15. The highest BCUT2D eigenvalue weighted by Gasteiger charge is 2.29. The van der Waals surface area contributed by atoms with Crippen LogP contribution in [0, 0.1) is 0 Å². The molecule has 0 aliphatic carbocycles. The van der Waals surface area contributed by atoms with Crippen molar-refractivity contribution in [3.63, 3.8) is 0 Å². The normalized spacial score (nSPS) is 12.6. The molecule has 0 aliphatic rings. The molecule has 0 heterocycles. The van der Waals surface area contributed by atoms with E-state index in [2.05, 4.69) is 0 Å². The van der Waals surface area contributed by atoms with Gasteiger partial charge in [-0.1, -0.05) is 12.1 Å². The number of hydrogen-bond acceptors (Lipinski definition) is 2. The van der Waals surface area contributed by atoms with Crippen molar-refractivity contribution in [2.45, 2.75) is 13.1 Å². The molecule has 0 spiro atoms. The standard InChI is InChI=1S/C11H9F3O2/c1-7(6-10(15)16)8-2-4-9(5-3-8)11(12,13)14/h2-6H,1H3,(H,15,16)/p-1/b7-6-. The summed E-state index contributed by atoms with van der Waals surface area (Å²) in [6, 6.07) is 4.25. The monoisotopic (exact) mass is 229 g/mol. The third-order valence-corrected chi connectivity index (χ3v) is 2.00. The van der Waals surface area contributed by atoms with Crippen LogP contribution in [-0.4, -0.2) is 5.97 Å². The highest BCUT2D eigenvalue weighted by Crippen LogP contribution is 2.29. The molecule has 1 aromatic carbocycles. The highest BCUT2D eigenvalue weighted by molar-refractivity contribution is 5.88. The number of hydrogen-bond donors (Lipinski definition) is 0. The van der Waals surface area contributed by atoms with Gasteiger partial charge in [0.25, 0.3) is 0 Å². The number of benzene rings is 1. The number of carboxylic acids is 1. The van der Waals surface area contributed by atoms with Crippen molar-refractivity contribution in [3.8, 4) is 0 Å². The van der Waals surface area contributed by atoms with E-state index in [-0.39, 0.29) is 0 Å². The van der Waals surface area contributed by atoms with Crippen LogP contribution in [0.5, 0.6) is 0 Å². The molecule has 0 amide bonds. The Morgan fingerprint density at radius 2 is 1.75 bits per heavy atom. The molecule has 1 aromatic rings. The molecule has 5 heteroatoms. The number of aliphatic carboxylic acids is 1. The molecule has 0 unspecified atom stereocenters. The van der Waals surface area contributed by atoms with E-state index < -0.39 is 17.7 Å². The average molecular weight is 229 g/mol. The minimum Gasteiger partial charge on any atom is -0.545 e. The SMILES string of the molecule is C/C(=C/C(=O)[O-])c1ccc(C(F)(F)F)cc1. The van der Waals surface area contributed by atoms with Crippen molar-refractivity contribution in [1.82, 2.24) is 0 Å². The summed E-state index contributed by atoms with van der Waals surface area (Å²) in [5.41, 5.74) is -0.0107. The Bertz CT molecular complexity index is 416. The van der Waals surface area contributed by atoms with E-state index in [1.54, 1.807) is 0 Å². The van der Waals surface area contributed by atoms with Crippen LogP contribution in [0.2, 0.25) is 0 Å². The summed E-state index contributed by atoms with van der Waals surface area (Å²) < 4.78 is 36.6. The Hall–Kier alpha value is -1.78. The van der Waals surface area contributed by atoms with Crippen molar-refractivity contribution < 1.29 is 23.1 Å². The number of rotatable bonds is 2. The molecule has 0 atom stereocenters. The Kier molecular flexibility index (Phi) is 3.37. The van der Waals surface area contributed by atoms with Crippen LogP contribution >= 0.6 is 0 Å². The second-order valence-corrected chi connectivity index (χ2v) is 3.22. The molecule has 16 heavy (non-hydrogen) atoms. The Morgan fingerprint density at radius 1 is 1.25 bits per heavy atom. The van der Waals surface area contributed by atoms with Crippen molar-refractivity contribution >= 4 is 11.5 Å². The van der Waals surface area contributed by atoms with Gasteiger partial charge >= 0.3 is 6.18 Å². The van der Waals surface area contributed by atoms with Crippen LogP contribution in [0.3, 0.4) is 0 Å². The van der Waals surface area contributed by atoms with Crippen LogP contribution in [-0.2, 0) is 11.0 Å². The summed E-state index contributed by atoms with van der Waals surface area (Å²) in [5, 5.41) is 10.2. The van der Waals surface area contributed by atoms with Gasteiger partial charge in [0.1, 0.15) is 0 Å². The minimum atomic E-state index is -4.38. The number of halogens is 3. The molecule has 0 saturated heterocycles. The smallest absolute Gasteiger partial charge is 0.416 e. The number of carbonyl (C=O) groups is 1. The zero-order valence-corrected chi connectivity index (χ0v) is 8.34. The van der Waals surface area contributed by atoms with Gasteiger partial charge < -0.3 is 9.90 Å². The lowest BCUT2D eigenvalue weighted by atomic mass is 10.1. The van der Waals surface area contributed by atoms with Gasteiger partial charge in [-0.3, -0.25) is 0 Å². The van der Waals surface area contributed by atoms with Crippen LogP contribution in [0.25, 0.3) is 5.57 Å². The van der Waals surface area contributed by atoms with Crippen LogP contribution in [0.15, 0.2) is 30.3 Å². The summed E-state index contributed by atoms with van der Waals surface area (Å²) in [5.74, 6) is -1.38. The maximum Gasteiger partial charge on any atom is 0.416 e. The third kappa shape index (κ3) is 3.12. The molecule has 86 valence electrons. The molecular formula is C11H8F3O2-. The summed E-state index contributed by atoms with van der Waals surface area (Å²) in [7, 11) is 0. The predicted octanol–water partition coefficient (Wildman–Crippen LogP) is 1.86. The maximum atomic E-state index is 12.2. The van der Waals surface area contributed by atoms with Gasteiger partial charge in [0.15, 0.2) is 0 Å². The molecule has 0 saturated carbocycles. The first kappa shape index (κ1) is 12.3. The zero-order chi connectivity index (χ0) is 12.3. The van der Waals surface area contributed by atoms with Crippen molar-refractivity contribution in [1.29, 1.82) is 0 Å². The number of carboxylic acid groups (broad SMARTS) is 1. The van der Waals surface area contributed by atoms with Gasteiger partial charge in [0.2, 0.25) is 0 Å². The first-order chi connectivity index (χ1) is 7.30.